The van der Waals surface area contributed by atoms with Crippen LogP contribution in [0.1, 0.15) is 87.1 Å². The van der Waals surface area contributed by atoms with Gasteiger partial charge in [0.05, 0.1) is 12.2 Å². The fraction of sp³-hybridized carbons (Fsp3) is 0.533. The van der Waals surface area contributed by atoms with E-state index in [0.29, 0.717) is 24.2 Å². The van der Waals surface area contributed by atoms with Crippen molar-refractivity contribution in [2.45, 2.75) is 76.7 Å². The Morgan fingerprint density at radius 3 is 2.58 bits per heavy atom. The van der Waals surface area contributed by atoms with Crippen LogP contribution in [0.4, 0.5) is 0 Å². The Hall–Kier alpha value is -2.26. The maximum atomic E-state index is 12.2. The number of benzene rings is 1. The second-order valence-electron chi connectivity index (χ2n) is 11.2. The second-order valence-corrected chi connectivity index (χ2v) is 11.2. The summed E-state index contributed by atoms with van der Waals surface area (Å²) in [4.78, 5) is 24.1. The summed E-state index contributed by atoms with van der Waals surface area (Å²) < 4.78 is 6.61. The van der Waals surface area contributed by atoms with Gasteiger partial charge >= 0.3 is 0 Å². The molecule has 3 nitrogen and oxygen atoms in total. The van der Waals surface area contributed by atoms with E-state index in [4.69, 9.17) is 4.74 Å². The van der Waals surface area contributed by atoms with E-state index in [9.17, 15) is 9.59 Å². The molecule has 0 bridgehead atoms. The van der Waals surface area contributed by atoms with Crippen LogP contribution in [0.2, 0.25) is 0 Å². The van der Waals surface area contributed by atoms with Gasteiger partial charge in [-0.15, -0.1) is 0 Å². The van der Waals surface area contributed by atoms with Gasteiger partial charge in [0.2, 0.25) is 0 Å². The lowest BCUT2D eigenvalue weighted by Crippen LogP contribution is -2.52. The van der Waals surface area contributed by atoms with Crippen molar-refractivity contribution in [3.05, 3.63) is 70.3 Å². The van der Waals surface area contributed by atoms with Gasteiger partial charge in [-0.2, -0.15) is 0 Å². The van der Waals surface area contributed by atoms with E-state index in [1.165, 1.54) is 28.7 Å². The van der Waals surface area contributed by atoms with Gasteiger partial charge in [0.1, 0.15) is 0 Å². The number of carbonyl (C=O) groups excluding carboxylic acids is 2. The number of rotatable bonds is 2. The standard InChI is InChI=1S/C30H34O3/c1-18-13-15-33-30(18)14-12-27-25-10-8-22-16-23(32)9-11-24(22)28(25)26(17-29(27,30)3)21-6-4-20(5-7-21)19(2)31/h4-7,16,25-27H,1,8-15,17H2,2-3H3/t25-,26+,27-,29-,30+/m0/s1/i2-1. The third kappa shape index (κ3) is 2.91. The van der Waals surface area contributed by atoms with Gasteiger partial charge in [-0.25, -0.2) is 0 Å². The minimum absolute atomic E-state index is 0.0604. The highest BCUT2D eigenvalue weighted by molar-refractivity contribution is 5.94. The molecule has 0 radical (unpaired) electrons. The van der Waals surface area contributed by atoms with Gasteiger partial charge in [-0.05, 0) is 92.1 Å². The number of ketones is 2. The maximum absolute atomic E-state index is 12.2. The van der Waals surface area contributed by atoms with Gasteiger partial charge in [-0.3, -0.25) is 9.59 Å². The average molecular weight is 442 g/mol. The number of carbonyl (C=O) groups is 2. The molecule has 5 atom stereocenters. The summed E-state index contributed by atoms with van der Waals surface area (Å²) in [6.45, 7) is 9.42. The molecule has 1 heterocycles. The maximum Gasteiger partial charge on any atom is 0.159 e. The summed E-state index contributed by atoms with van der Waals surface area (Å²) in [5.41, 5.74) is 7.60. The molecule has 4 aliphatic carbocycles. The molecule has 2 saturated carbocycles. The minimum atomic E-state index is -0.190. The van der Waals surface area contributed by atoms with Crippen LogP contribution in [0, 0.1) is 17.3 Å². The van der Waals surface area contributed by atoms with Crippen LogP contribution in [0.25, 0.3) is 0 Å². The van der Waals surface area contributed by atoms with Crippen molar-refractivity contribution in [1.82, 2.24) is 0 Å². The highest BCUT2D eigenvalue weighted by atomic mass is 16.5. The number of fused-ring (bicyclic) bond motifs is 5. The van der Waals surface area contributed by atoms with Gasteiger partial charge in [0.25, 0.3) is 0 Å². The smallest absolute Gasteiger partial charge is 0.159 e. The largest absolute Gasteiger partial charge is 0.370 e. The molecule has 3 fully saturated rings. The molecule has 172 valence electrons. The van der Waals surface area contributed by atoms with Crippen molar-refractivity contribution >= 4 is 11.6 Å². The van der Waals surface area contributed by atoms with Gasteiger partial charge in [0.15, 0.2) is 11.6 Å². The third-order valence-electron chi connectivity index (χ3n) is 9.90. The molecule has 1 aliphatic heterocycles. The first-order chi connectivity index (χ1) is 15.8. The number of hydrogen-bond donors (Lipinski definition) is 0. The van der Waals surface area contributed by atoms with E-state index in [1.54, 1.807) is 12.5 Å². The SMILES string of the molecule is C=C1CCO[C@]12CC[C@H]1[C@@H]3CCC4=CC(=O)CCC4=C3[C@@H](c3ccc(C([11CH3])=O)cc3)C[C@@]12C. The van der Waals surface area contributed by atoms with Crippen LogP contribution in [-0.4, -0.2) is 23.8 Å². The summed E-state index contributed by atoms with van der Waals surface area (Å²) in [6.07, 6.45) is 9.92. The van der Waals surface area contributed by atoms with Crippen molar-refractivity contribution < 1.29 is 14.3 Å². The second kappa shape index (κ2) is 7.37. The first-order valence-corrected chi connectivity index (χ1v) is 12.7. The molecule has 33 heavy (non-hydrogen) atoms. The van der Waals surface area contributed by atoms with Gasteiger partial charge < -0.3 is 4.74 Å². The summed E-state index contributed by atoms with van der Waals surface area (Å²) >= 11 is 0. The third-order valence-corrected chi connectivity index (χ3v) is 9.90. The van der Waals surface area contributed by atoms with Crippen molar-refractivity contribution in [2.24, 2.45) is 17.3 Å². The Morgan fingerprint density at radius 1 is 1.09 bits per heavy atom. The van der Waals surface area contributed by atoms with E-state index < -0.39 is 0 Å². The van der Waals surface area contributed by atoms with Crippen molar-refractivity contribution in [2.75, 3.05) is 6.61 Å². The molecule has 5 aliphatic rings. The predicted molar refractivity (Wildman–Crippen MR) is 129 cm³/mol. The molecule has 1 aromatic carbocycles. The summed E-state index contributed by atoms with van der Waals surface area (Å²) in [5, 5.41) is 0. The first kappa shape index (κ1) is 21.3. The number of ether oxygens (including phenoxy) is 1. The van der Waals surface area contributed by atoms with Crippen LogP contribution >= 0.6 is 0 Å². The van der Waals surface area contributed by atoms with E-state index >= 15 is 0 Å². The molecule has 1 saturated heterocycles. The van der Waals surface area contributed by atoms with Crippen LogP contribution in [0.3, 0.4) is 0 Å². The molecule has 0 aromatic heterocycles. The monoisotopic (exact) mass is 441 g/mol. The quantitative estimate of drug-likeness (QED) is 0.388. The zero-order valence-electron chi connectivity index (χ0n) is 19.9. The first-order valence-electron chi connectivity index (χ1n) is 12.7. The van der Waals surface area contributed by atoms with Gasteiger partial charge in [-0.1, -0.05) is 43.3 Å². The van der Waals surface area contributed by atoms with Crippen LogP contribution in [-0.2, 0) is 9.53 Å². The molecular weight excluding hydrogens is 407 g/mol. The van der Waals surface area contributed by atoms with E-state index in [2.05, 4.69) is 25.6 Å². The number of Topliss-reactive ketones (excluding diaryl/α,β-unsaturated/α-hetero) is 1. The minimum Gasteiger partial charge on any atom is -0.370 e. The Labute approximate surface area is 197 Å². The van der Waals surface area contributed by atoms with Crippen molar-refractivity contribution in [3.8, 4) is 0 Å². The molecule has 1 spiro atoms. The highest BCUT2D eigenvalue weighted by Gasteiger charge is 2.65. The van der Waals surface area contributed by atoms with E-state index in [1.807, 2.05) is 18.2 Å². The van der Waals surface area contributed by atoms with Crippen molar-refractivity contribution in [3.63, 3.8) is 0 Å². The molecule has 0 unspecified atom stereocenters. The van der Waals surface area contributed by atoms with Crippen LogP contribution < -0.4 is 0 Å². The summed E-state index contributed by atoms with van der Waals surface area (Å²) in [6, 6.07) is 8.33. The topological polar surface area (TPSA) is 43.4 Å². The Balaban J connectivity index is 1.52. The lowest BCUT2D eigenvalue weighted by molar-refractivity contribution is -0.114. The van der Waals surface area contributed by atoms with Gasteiger partial charge in [0, 0.05) is 23.3 Å². The molecule has 3 heteroatoms. The normalized spacial score (nSPS) is 37.6. The predicted octanol–water partition coefficient (Wildman–Crippen LogP) is 6.50. The zero-order chi connectivity index (χ0) is 23.0. The zero-order valence-corrected chi connectivity index (χ0v) is 19.9. The number of allylic oxidation sites excluding steroid dienone is 4. The Morgan fingerprint density at radius 2 is 1.88 bits per heavy atom. The van der Waals surface area contributed by atoms with Crippen molar-refractivity contribution in [1.29, 1.82) is 0 Å². The Bertz CT molecular complexity index is 1120. The summed E-state index contributed by atoms with van der Waals surface area (Å²) in [7, 11) is 0. The lowest BCUT2D eigenvalue weighted by Gasteiger charge is -2.55. The van der Waals surface area contributed by atoms with E-state index in [-0.39, 0.29) is 22.6 Å². The lowest BCUT2D eigenvalue weighted by atomic mass is 9.50. The van der Waals surface area contributed by atoms with Crippen LogP contribution in [0.15, 0.2) is 59.2 Å². The molecule has 0 amide bonds. The highest BCUT2D eigenvalue weighted by Crippen LogP contribution is 2.70. The Kier molecular flexibility index (Phi) is 4.75. The summed E-state index contributed by atoms with van der Waals surface area (Å²) in [5.74, 6) is 1.83. The fourth-order valence-electron chi connectivity index (χ4n) is 8.37. The van der Waals surface area contributed by atoms with Crippen LogP contribution in [0.5, 0.6) is 0 Å². The number of hydrogen-bond acceptors (Lipinski definition) is 3. The molecule has 0 N–H and O–H groups in total. The fourth-order valence-corrected chi connectivity index (χ4v) is 8.37. The molecular formula is C30H34O3. The van der Waals surface area contributed by atoms with E-state index in [0.717, 1.165) is 50.7 Å². The molecule has 6 rings (SSSR count). The average Bonchev–Trinajstić information content (AvgIpc) is 3.33. The molecule has 1 aromatic rings.